The molecule has 0 atom stereocenters. The highest BCUT2D eigenvalue weighted by Crippen LogP contribution is 2.43. The minimum Gasteiger partial charge on any atom is -0.497 e. The van der Waals surface area contributed by atoms with Crippen LogP contribution in [0.15, 0.2) is 65.8 Å². The summed E-state index contributed by atoms with van der Waals surface area (Å²) in [7, 11) is 1.59. The SMILES string of the molecule is COc1ccc(C(=O)N2c3ccccc3N3C(c4c(C)cc(C)cc4C)=NON23)cc1. The van der Waals surface area contributed by atoms with Crippen molar-refractivity contribution in [2.24, 2.45) is 5.16 Å². The minimum atomic E-state index is -0.230. The van der Waals surface area contributed by atoms with Crippen molar-refractivity contribution in [2.45, 2.75) is 20.8 Å². The van der Waals surface area contributed by atoms with E-state index in [1.807, 2.05) is 29.3 Å². The van der Waals surface area contributed by atoms with Gasteiger partial charge in [-0.25, -0.2) is 0 Å². The summed E-state index contributed by atoms with van der Waals surface area (Å²) in [6, 6.07) is 18.9. The largest absolute Gasteiger partial charge is 0.497 e. The summed E-state index contributed by atoms with van der Waals surface area (Å²) in [5.74, 6) is 1.10. The average molecular weight is 414 g/mol. The number of amidine groups is 1. The molecule has 0 N–H and O–H groups in total. The Kier molecular flexibility index (Phi) is 4.41. The average Bonchev–Trinajstić information content (AvgIpc) is 3.31. The Bertz CT molecular complexity index is 1200. The molecule has 2 aliphatic heterocycles. The number of methoxy groups -OCH3 is 1. The summed E-state index contributed by atoms with van der Waals surface area (Å²) >= 11 is 0. The summed E-state index contributed by atoms with van der Waals surface area (Å²) in [5.41, 5.74) is 6.42. The van der Waals surface area contributed by atoms with Crippen molar-refractivity contribution in [3.63, 3.8) is 0 Å². The van der Waals surface area contributed by atoms with Crippen LogP contribution in [0.1, 0.15) is 32.6 Å². The summed E-state index contributed by atoms with van der Waals surface area (Å²) in [5, 5.41) is 9.08. The molecule has 156 valence electrons. The van der Waals surface area contributed by atoms with Gasteiger partial charge in [0.25, 0.3) is 5.91 Å². The van der Waals surface area contributed by atoms with Crippen molar-refractivity contribution in [1.82, 2.24) is 5.28 Å². The summed E-state index contributed by atoms with van der Waals surface area (Å²) in [6.45, 7) is 6.19. The second kappa shape index (κ2) is 7.14. The molecular weight excluding hydrogens is 392 g/mol. The lowest BCUT2D eigenvalue weighted by atomic mass is 9.98. The van der Waals surface area contributed by atoms with Gasteiger partial charge in [0.05, 0.1) is 23.8 Å². The Hall–Kier alpha value is -3.84. The van der Waals surface area contributed by atoms with Gasteiger partial charge in [0.15, 0.2) is 0 Å². The Morgan fingerprint density at radius 2 is 1.58 bits per heavy atom. The molecule has 3 aromatic rings. The highest BCUT2D eigenvalue weighted by atomic mass is 16.9. The summed E-state index contributed by atoms with van der Waals surface area (Å²) in [4.78, 5) is 19.2. The van der Waals surface area contributed by atoms with Crippen molar-refractivity contribution < 1.29 is 14.5 Å². The van der Waals surface area contributed by atoms with Crippen molar-refractivity contribution in [3.8, 4) is 5.75 Å². The predicted octanol–water partition coefficient (Wildman–Crippen LogP) is 4.53. The van der Waals surface area contributed by atoms with Crippen molar-refractivity contribution in [3.05, 3.63) is 88.5 Å². The van der Waals surface area contributed by atoms with E-state index in [0.717, 1.165) is 28.1 Å². The molecule has 0 radical (unpaired) electrons. The second-order valence-electron chi connectivity index (χ2n) is 7.67. The van der Waals surface area contributed by atoms with Crippen LogP contribution >= 0.6 is 0 Å². The number of hydrazine groups is 2. The number of oxime groups is 1. The van der Waals surface area contributed by atoms with E-state index >= 15 is 0 Å². The zero-order chi connectivity index (χ0) is 21.7. The number of para-hydroxylation sites is 2. The van der Waals surface area contributed by atoms with Gasteiger partial charge in [0, 0.05) is 11.1 Å². The van der Waals surface area contributed by atoms with Gasteiger partial charge >= 0.3 is 0 Å². The molecule has 7 heteroatoms. The normalized spacial score (nSPS) is 14.8. The molecule has 3 aromatic carbocycles. The van der Waals surface area contributed by atoms with Gasteiger partial charge in [0.2, 0.25) is 5.84 Å². The van der Waals surface area contributed by atoms with Crippen molar-refractivity contribution in [1.29, 1.82) is 0 Å². The van der Waals surface area contributed by atoms with Crippen LogP contribution in [0.3, 0.4) is 0 Å². The maximum atomic E-state index is 13.5. The van der Waals surface area contributed by atoms with Gasteiger partial charge < -0.3 is 4.74 Å². The molecule has 2 aliphatic rings. The van der Waals surface area contributed by atoms with Crippen LogP contribution in [0, 0.1) is 20.8 Å². The maximum absolute atomic E-state index is 13.5. The lowest BCUT2D eigenvalue weighted by Crippen LogP contribution is -2.49. The fourth-order valence-corrected chi connectivity index (χ4v) is 4.21. The molecule has 0 aromatic heterocycles. The van der Waals surface area contributed by atoms with E-state index in [1.165, 1.54) is 15.9 Å². The Morgan fingerprint density at radius 3 is 2.23 bits per heavy atom. The smallest absolute Gasteiger partial charge is 0.277 e. The molecule has 0 saturated heterocycles. The number of ether oxygens (including phenoxy) is 1. The molecule has 0 fully saturated rings. The third-order valence-corrected chi connectivity index (χ3v) is 5.51. The van der Waals surface area contributed by atoms with Crippen LogP contribution in [0.2, 0.25) is 0 Å². The zero-order valence-electron chi connectivity index (χ0n) is 17.8. The molecule has 0 aliphatic carbocycles. The highest BCUT2D eigenvalue weighted by molar-refractivity contribution is 6.17. The molecular formula is C24H22N4O3. The Labute approximate surface area is 180 Å². The molecule has 31 heavy (non-hydrogen) atoms. The van der Waals surface area contributed by atoms with E-state index < -0.39 is 0 Å². The third-order valence-electron chi connectivity index (χ3n) is 5.51. The number of rotatable bonds is 3. The number of benzene rings is 3. The van der Waals surface area contributed by atoms with Gasteiger partial charge in [-0.1, -0.05) is 29.8 Å². The topological polar surface area (TPSA) is 57.6 Å². The quantitative estimate of drug-likeness (QED) is 0.630. The number of fused-ring (bicyclic) bond motifs is 3. The lowest BCUT2D eigenvalue weighted by molar-refractivity contribution is -0.135. The highest BCUT2D eigenvalue weighted by Gasteiger charge is 2.47. The molecule has 7 nitrogen and oxygen atoms in total. The number of amides is 1. The first kappa shape index (κ1) is 19.1. The first-order valence-electron chi connectivity index (χ1n) is 10.0. The summed E-state index contributed by atoms with van der Waals surface area (Å²) in [6.07, 6.45) is 0. The molecule has 1 amide bonds. The third kappa shape index (κ3) is 2.93. The number of hydrogen-bond donors (Lipinski definition) is 0. The first-order chi connectivity index (χ1) is 15.0. The van der Waals surface area contributed by atoms with E-state index in [-0.39, 0.29) is 5.91 Å². The second-order valence-corrected chi connectivity index (χ2v) is 7.67. The van der Waals surface area contributed by atoms with Gasteiger partial charge in [-0.05, 0) is 73.5 Å². The number of hydrogen-bond acceptors (Lipinski definition) is 6. The van der Waals surface area contributed by atoms with E-state index in [4.69, 9.17) is 9.68 Å². The Balaban J connectivity index is 1.58. The van der Waals surface area contributed by atoms with Gasteiger partial charge in [-0.2, -0.15) is 10.0 Å². The van der Waals surface area contributed by atoms with Crippen LogP contribution < -0.4 is 14.8 Å². The van der Waals surface area contributed by atoms with Crippen LogP contribution in [-0.2, 0) is 4.94 Å². The number of carbonyl (C=O) groups excluding carboxylic acids is 1. The summed E-state index contributed by atoms with van der Waals surface area (Å²) < 4.78 is 5.21. The van der Waals surface area contributed by atoms with E-state index in [1.54, 1.807) is 31.4 Å². The number of aryl methyl sites for hydroxylation is 3. The standard InChI is InChI=1S/C24H22N4O3/c1-15-13-16(2)22(17(3)14-15)23-25-31-28-26(23)20-7-5-6-8-21(20)27(28)24(29)18-9-11-19(30-4)12-10-18/h5-14H,1-4H3. The van der Waals surface area contributed by atoms with Gasteiger partial charge in [-0.3, -0.25) is 9.73 Å². The van der Waals surface area contributed by atoms with Crippen LogP contribution in [0.25, 0.3) is 0 Å². The monoisotopic (exact) mass is 414 g/mol. The lowest BCUT2D eigenvalue weighted by Gasteiger charge is -2.25. The molecule has 0 spiro atoms. The first-order valence-corrected chi connectivity index (χ1v) is 10.0. The Morgan fingerprint density at radius 1 is 0.935 bits per heavy atom. The zero-order valence-corrected chi connectivity index (χ0v) is 17.8. The predicted molar refractivity (Wildman–Crippen MR) is 119 cm³/mol. The number of anilines is 2. The van der Waals surface area contributed by atoms with Gasteiger partial charge in [-0.15, -0.1) is 0 Å². The van der Waals surface area contributed by atoms with Gasteiger partial charge in [0.1, 0.15) is 5.75 Å². The maximum Gasteiger partial charge on any atom is 0.277 e. The molecule has 2 heterocycles. The molecule has 5 rings (SSSR count). The molecule has 0 bridgehead atoms. The van der Waals surface area contributed by atoms with E-state index in [2.05, 4.69) is 38.1 Å². The van der Waals surface area contributed by atoms with Crippen molar-refractivity contribution >= 4 is 23.1 Å². The van der Waals surface area contributed by atoms with E-state index in [0.29, 0.717) is 17.1 Å². The number of nitrogens with zero attached hydrogens (tertiary/aromatic N) is 4. The van der Waals surface area contributed by atoms with Crippen molar-refractivity contribution in [2.75, 3.05) is 17.1 Å². The molecule has 0 unspecified atom stereocenters. The van der Waals surface area contributed by atoms with E-state index in [9.17, 15) is 4.79 Å². The van der Waals surface area contributed by atoms with Crippen LogP contribution in [0.4, 0.5) is 11.4 Å². The molecule has 0 saturated carbocycles. The minimum absolute atomic E-state index is 0.230. The number of carbonyl (C=O) groups is 1. The fraction of sp³-hybridized carbons (Fsp3) is 0.167. The van der Waals surface area contributed by atoms with Crippen LogP contribution in [0.5, 0.6) is 5.75 Å². The fourth-order valence-electron chi connectivity index (χ4n) is 4.21. The van der Waals surface area contributed by atoms with Crippen LogP contribution in [-0.4, -0.2) is 24.1 Å².